The largest absolute Gasteiger partial charge is 0.497 e. The van der Waals surface area contributed by atoms with E-state index in [0.29, 0.717) is 0 Å². The predicted octanol–water partition coefficient (Wildman–Crippen LogP) is 2.88. The minimum atomic E-state index is -0.648. The van der Waals surface area contributed by atoms with Gasteiger partial charge in [0.1, 0.15) is 12.4 Å². The standard InChI is InChI=1S/C17H20O4/c1-11(18)10-21-17(19)12(2)13-4-5-15-9-16(20-3)7-6-14(15)8-13/h4-9,11-12,18H,10H2,1-3H3. The van der Waals surface area contributed by atoms with Crippen molar-refractivity contribution in [1.29, 1.82) is 0 Å². The SMILES string of the molecule is COc1ccc2cc(C(C)C(=O)OCC(C)O)ccc2c1. The molecule has 0 saturated heterocycles. The highest BCUT2D eigenvalue weighted by molar-refractivity contribution is 5.86. The maximum absolute atomic E-state index is 11.9. The Labute approximate surface area is 124 Å². The Morgan fingerprint density at radius 1 is 1.14 bits per heavy atom. The summed E-state index contributed by atoms with van der Waals surface area (Å²) in [5.74, 6) is 0.110. The molecule has 2 atom stereocenters. The number of benzene rings is 2. The van der Waals surface area contributed by atoms with Gasteiger partial charge in [0, 0.05) is 0 Å². The number of carbonyl (C=O) groups is 1. The summed E-state index contributed by atoms with van der Waals surface area (Å²) in [6.07, 6.45) is -0.648. The van der Waals surface area contributed by atoms with Crippen molar-refractivity contribution in [2.45, 2.75) is 25.9 Å². The second-order valence-corrected chi connectivity index (χ2v) is 5.17. The number of rotatable bonds is 5. The lowest BCUT2D eigenvalue weighted by atomic mass is 9.98. The number of hydrogen-bond donors (Lipinski definition) is 1. The molecule has 0 heterocycles. The maximum Gasteiger partial charge on any atom is 0.313 e. The molecule has 0 radical (unpaired) electrons. The lowest BCUT2D eigenvalue weighted by Gasteiger charge is -2.13. The van der Waals surface area contributed by atoms with E-state index in [1.54, 1.807) is 21.0 Å². The van der Waals surface area contributed by atoms with E-state index in [1.165, 1.54) is 0 Å². The van der Waals surface area contributed by atoms with Crippen LogP contribution in [0.2, 0.25) is 0 Å². The monoisotopic (exact) mass is 288 g/mol. The van der Waals surface area contributed by atoms with Crippen LogP contribution in [0.1, 0.15) is 25.3 Å². The van der Waals surface area contributed by atoms with Crippen LogP contribution in [0.4, 0.5) is 0 Å². The molecule has 4 nitrogen and oxygen atoms in total. The van der Waals surface area contributed by atoms with Crippen molar-refractivity contribution in [2.24, 2.45) is 0 Å². The number of esters is 1. The predicted molar refractivity (Wildman–Crippen MR) is 81.6 cm³/mol. The van der Waals surface area contributed by atoms with Gasteiger partial charge in [0.05, 0.1) is 19.1 Å². The summed E-state index contributed by atoms with van der Waals surface area (Å²) in [5.41, 5.74) is 0.892. The number of carbonyl (C=O) groups excluding carboxylic acids is 1. The van der Waals surface area contributed by atoms with Crippen LogP contribution in [0.3, 0.4) is 0 Å². The van der Waals surface area contributed by atoms with Gasteiger partial charge in [0.25, 0.3) is 0 Å². The Kier molecular flexibility index (Phi) is 4.81. The molecule has 21 heavy (non-hydrogen) atoms. The molecular formula is C17H20O4. The maximum atomic E-state index is 11.9. The van der Waals surface area contributed by atoms with Gasteiger partial charge in [-0.3, -0.25) is 4.79 Å². The van der Waals surface area contributed by atoms with Crippen molar-refractivity contribution in [1.82, 2.24) is 0 Å². The third kappa shape index (κ3) is 3.73. The summed E-state index contributed by atoms with van der Waals surface area (Å²) < 4.78 is 10.3. The number of ether oxygens (including phenoxy) is 2. The molecule has 0 spiro atoms. The lowest BCUT2D eigenvalue weighted by molar-refractivity contribution is -0.147. The molecule has 4 heteroatoms. The van der Waals surface area contributed by atoms with Crippen LogP contribution >= 0.6 is 0 Å². The lowest BCUT2D eigenvalue weighted by Crippen LogP contribution is -2.19. The van der Waals surface area contributed by atoms with Gasteiger partial charge >= 0.3 is 5.97 Å². The van der Waals surface area contributed by atoms with E-state index in [2.05, 4.69) is 0 Å². The Morgan fingerprint density at radius 3 is 2.48 bits per heavy atom. The summed E-state index contributed by atoms with van der Waals surface area (Å²) in [4.78, 5) is 11.9. The first-order valence-corrected chi connectivity index (χ1v) is 6.93. The number of methoxy groups -OCH3 is 1. The molecule has 2 aromatic rings. The second-order valence-electron chi connectivity index (χ2n) is 5.17. The zero-order valence-electron chi connectivity index (χ0n) is 12.5. The normalized spacial score (nSPS) is 13.7. The zero-order valence-corrected chi connectivity index (χ0v) is 12.5. The van der Waals surface area contributed by atoms with Gasteiger partial charge in [-0.1, -0.05) is 24.3 Å². The summed E-state index contributed by atoms with van der Waals surface area (Å²) in [7, 11) is 1.63. The molecule has 112 valence electrons. The fraction of sp³-hybridized carbons (Fsp3) is 0.353. The van der Waals surface area contributed by atoms with Crippen molar-refractivity contribution in [2.75, 3.05) is 13.7 Å². The minimum Gasteiger partial charge on any atom is -0.497 e. The molecule has 1 N–H and O–H groups in total. The highest BCUT2D eigenvalue weighted by Gasteiger charge is 2.17. The molecule has 0 saturated carbocycles. The highest BCUT2D eigenvalue weighted by atomic mass is 16.5. The van der Waals surface area contributed by atoms with E-state index >= 15 is 0 Å². The van der Waals surface area contributed by atoms with E-state index in [4.69, 9.17) is 14.6 Å². The quantitative estimate of drug-likeness (QED) is 0.860. The van der Waals surface area contributed by atoms with Crippen molar-refractivity contribution >= 4 is 16.7 Å². The van der Waals surface area contributed by atoms with Gasteiger partial charge in [-0.15, -0.1) is 0 Å². The fourth-order valence-electron chi connectivity index (χ4n) is 2.10. The van der Waals surface area contributed by atoms with Crippen LogP contribution in [0.5, 0.6) is 5.75 Å². The average molecular weight is 288 g/mol. The number of aliphatic hydroxyl groups excluding tert-OH is 1. The van der Waals surface area contributed by atoms with Gasteiger partial charge in [-0.2, -0.15) is 0 Å². The second kappa shape index (κ2) is 6.59. The Balaban J connectivity index is 2.20. The van der Waals surface area contributed by atoms with Crippen LogP contribution in [-0.4, -0.2) is 30.9 Å². The molecule has 0 amide bonds. The Morgan fingerprint density at radius 2 is 1.81 bits per heavy atom. The third-order valence-electron chi connectivity index (χ3n) is 3.39. The molecule has 0 aliphatic rings. The van der Waals surface area contributed by atoms with Crippen molar-refractivity contribution in [3.8, 4) is 5.75 Å². The molecule has 0 bridgehead atoms. The van der Waals surface area contributed by atoms with E-state index in [1.807, 2.05) is 36.4 Å². The van der Waals surface area contributed by atoms with Crippen molar-refractivity contribution < 1.29 is 19.4 Å². The molecule has 2 aromatic carbocycles. The van der Waals surface area contributed by atoms with Gasteiger partial charge in [-0.25, -0.2) is 0 Å². The van der Waals surface area contributed by atoms with Gasteiger partial charge < -0.3 is 14.6 Å². The third-order valence-corrected chi connectivity index (χ3v) is 3.39. The minimum absolute atomic E-state index is 0.0218. The van der Waals surface area contributed by atoms with Crippen molar-refractivity contribution in [3.63, 3.8) is 0 Å². The summed E-state index contributed by atoms with van der Waals surface area (Å²) in [6.45, 7) is 3.41. The smallest absolute Gasteiger partial charge is 0.313 e. The van der Waals surface area contributed by atoms with Gasteiger partial charge in [0.2, 0.25) is 0 Å². The van der Waals surface area contributed by atoms with E-state index in [-0.39, 0.29) is 18.5 Å². The topological polar surface area (TPSA) is 55.8 Å². The van der Waals surface area contributed by atoms with Crippen LogP contribution in [-0.2, 0) is 9.53 Å². The highest BCUT2D eigenvalue weighted by Crippen LogP contribution is 2.25. The van der Waals surface area contributed by atoms with Crippen LogP contribution < -0.4 is 4.74 Å². The van der Waals surface area contributed by atoms with Crippen LogP contribution in [0.25, 0.3) is 10.8 Å². The fourth-order valence-corrected chi connectivity index (χ4v) is 2.10. The number of fused-ring (bicyclic) bond motifs is 1. The van der Waals surface area contributed by atoms with Crippen molar-refractivity contribution in [3.05, 3.63) is 42.0 Å². The molecule has 0 aliphatic heterocycles. The summed E-state index contributed by atoms with van der Waals surface area (Å²) in [5, 5.41) is 11.3. The van der Waals surface area contributed by atoms with E-state index in [0.717, 1.165) is 22.1 Å². The van der Waals surface area contributed by atoms with Crippen LogP contribution in [0.15, 0.2) is 36.4 Å². The zero-order chi connectivity index (χ0) is 15.4. The first kappa shape index (κ1) is 15.3. The van der Waals surface area contributed by atoms with Gasteiger partial charge in [0.15, 0.2) is 0 Å². The Bertz CT molecular complexity index is 634. The van der Waals surface area contributed by atoms with E-state index in [9.17, 15) is 4.79 Å². The van der Waals surface area contributed by atoms with Crippen LogP contribution in [0, 0.1) is 0 Å². The number of hydrogen-bond acceptors (Lipinski definition) is 4. The Hall–Kier alpha value is -2.07. The first-order valence-electron chi connectivity index (χ1n) is 6.93. The molecule has 0 fully saturated rings. The molecule has 0 aliphatic carbocycles. The molecular weight excluding hydrogens is 268 g/mol. The molecule has 0 aromatic heterocycles. The van der Waals surface area contributed by atoms with Gasteiger partial charge in [-0.05, 0) is 42.3 Å². The average Bonchev–Trinajstić information content (AvgIpc) is 2.50. The number of aliphatic hydroxyl groups is 1. The summed E-state index contributed by atoms with van der Waals surface area (Å²) >= 11 is 0. The molecule has 2 unspecified atom stereocenters. The van der Waals surface area contributed by atoms with E-state index < -0.39 is 6.10 Å². The first-order chi connectivity index (χ1) is 10.0. The summed E-state index contributed by atoms with van der Waals surface area (Å²) in [6, 6.07) is 11.7. The molecule has 2 rings (SSSR count).